The van der Waals surface area contributed by atoms with Gasteiger partial charge < -0.3 is 9.15 Å². The summed E-state index contributed by atoms with van der Waals surface area (Å²) in [6, 6.07) is 9.30. The zero-order valence-electron chi connectivity index (χ0n) is 14.3. The summed E-state index contributed by atoms with van der Waals surface area (Å²) in [5.41, 5.74) is 1.07. The molecule has 4 rings (SSSR count). The summed E-state index contributed by atoms with van der Waals surface area (Å²) in [6.45, 7) is 3.93. The topological polar surface area (TPSA) is 84.3 Å². The number of nitrogens with zero attached hydrogens (tertiary/aromatic N) is 4. The number of ether oxygens (including phenoxy) is 1. The number of aryl methyl sites for hydroxylation is 1. The van der Waals surface area contributed by atoms with Crippen molar-refractivity contribution in [2.24, 2.45) is 0 Å². The van der Waals surface area contributed by atoms with E-state index in [1.165, 1.54) is 0 Å². The predicted octanol–water partition coefficient (Wildman–Crippen LogP) is 3.07. The molecule has 1 atom stereocenters. The molecule has 4 heterocycles. The minimum atomic E-state index is -0.300. The van der Waals surface area contributed by atoms with Gasteiger partial charge in [-0.1, -0.05) is 0 Å². The minimum absolute atomic E-state index is 0.206. The second-order valence-corrected chi connectivity index (χ2v) is 6.09. The fourth-order valence-electron chi connectivity index (χ4n) is 3.13. The summed E-state index contributed by atoms with van der Waals surface area (Å²) in [5.74, 6) is 0.849. The Morgan fingerprint density at radius 1 is 1.35 bits per heavy atom. The number of rotatable bonds is 2. The zero-order chi connectivity index (χ0) is 18.3. The van der Waals surface area contributed by atoms with E-state index >= 15 is 0 Å². The Balaban J connectivity index is 1.82. The van der Waals surface area contributed by atoms with Crippen LogP contribution in [0.5, 0.6) is 5.88 Å². The third kappa shape index (κ3) is 2.43. The molecular formula is C19H16N4O3. The van der Waals surface area contributed by atoms with Gasteiger partial charge in [0.25, 0.3) is 5.91 Å². The minimum Gasteiger partial charge on any atom is -0.471 e. The highest BCUT2D eigenvalue weighted by atomic mass is 16.5. The van der Waals surface area contributed by atoms with Crippen LogP contribution in [0.2, 0.25) is 0 Å². The second kappa shape index (κ2) is 6.08. The molecule has 0 spiro atoms. The summed E-state index contributed by atoms with van der Waals surface area (Å²) in [4.78, 5) is 19.1. The fourth-order valence-corrected chi connectivity index (χ4v) is 3.13. The normalized spacial score (nSPS) is 15.9. The van der Waals surface area contributed by atoms with E-state index < -0.39 is 0 Å². The number of fused-ring (bicyclic) bond motifs is 1. The molecule has 0 N–H and O–H groups in total. The molecule has 1 unspecified atom stereocenters. The third-order valence-corrected chi connectivity index (χ3v) is 4.27. The van der Waals surface area contributed by atoms with E-state index in [0.29, 0.717) is 29.8 Å². The molecule has 3 aromatic rings. The summed E-state index contributed by atoms with van der Waals surface area (Å²) >= 11 is 0. The van der Waals surface area contributed by atoms with Crippen molar-refractivity contribution in [2.75, 3.05) is 11.4 Å². The van der Waals surface area contributed by atoms with Crippen LogP contribution in [0.4, 0.5) is 5.69 Å². The molecule has 1 aliphatic rings. The van der Waals surface area contributed by atoms with Crippen LogP contribution in [0.3, 0.4) is 0 Å². The lowest BCUT2D eigenvalue weighted by Crippen LogP contribution is -2.43. The van der Waals surface area contributed by atoms with E-state index in [1.54, 1.807) is 47.1 Å². The SMILES string of the molecule is Cc1oc(-n2cccc2)c(C#N)c1C(=O)N1CC(C)Oc2ncccc21. The van der Waals surface area contributed by atoms with Crippen LogP contribution in [0.15, 0.2) is 47.3 Å². The fraction of sp³-hybridized carbons (Fsp3) is 0.211. The van der Waals surface area contributed by atoms with Crippen LogP contribution in [0.1, 0.15) is 28.6 Å². The van der Waals surface area contributed by atoms with Crippen LogP contribution in [-0.4, -0.2) is 28.1 Å². The van der Waals surface area contributed by atoms with E-state index in [-0.39, 0.29) is 23.1 Å². The average molecular weight is 348 g/mol. The lowest BCUT2D eigenvalue weighted by atomic mass is 10.1. The van der Waals surface area contributed by atoms with E-state index in [1.807, 2.05) is 19.1 Å². The molecule has 0 fully saturated rings. The average Bonchev–Trinajstić information content (AvgIpc) is 3.27. The monoisotopic (exact) mass is 348 g/mol. The number of nitriles is 1. The van der Waals surface area contributed by atoms with Crippen molar-refractivity contribution in [3.05, 3.63) is 59.7 Å². The van der Waals surface area contributed by atoms with Gasteiger partial charge in [0.05, 0.1) is 6.54 Å². The smallest absolute Gasteiger partial charge is 0.263 e. The van der Waals surface area contributed by atoms with Gasteiger partial charge in [-0.05, 0) is 38.1 Å². The second-order valence-electron chi connectivity index (χ2n) is 6.09. The van der Waals surface area contributed by atoms with Gasteiger partial charge in [-0.15, -0.1) is 0 Å². The number of hydrogen-bond donors (Lipinski definition) is 0. The van der Waals surface area contributed by atoms with Crippen LogP contribution in [0.25, 0.3) is 5.88 Å². The van der Waals surface area contributed by atoms with Crippen molar-refractivity contribution >= 4 is 11.6 Å². The molecule has 0 radical (unpaired) electrons. The Labute approximate surface area is 150 Å². The highest BCUT2D eigenvalue weighted by Gasteiger charge is 2.34. The molecule has 0 aliphatic carbocycles. The van der Waals surface area contributed by atoms with Crippen LogP contribution in [-0.2, 0) is 0 Å². The number of carbonyl (C=O) groups is 1. The first-order chi connectivity index (χ1) is 12.6. The highest BCUT2D eigenvalue weighted by Crippen LogP contribution is 2.34. The lowest BCUT2D eigenvalue weighted by Gasteiger charge is -2.32. The Hall–Kier alpha value is -3.53. The molecule has 1 amide bonds. The largest absolute Gasteiger partial charge is 0.471 e. The van der Waals surface area contributed by atoms with Crippen LogP contribution >= 0.6 is 0 Å². The summed E-state index contributed by atoms with van der Waals surface area (Å²) in [7, 11) is 0. The van der Waals surface area contributed by atoms with Gasteiger partial charge in [-0.2, -0.15) is 5.26 Å². The van der Waals surface area contributed by atoms with Crippen molar-refractivity contribution in [1.82, 2.24) is 9.55 Å². The lowest BCUT2D eigenvalue weighted by molar-refractivity contribution is 0.0957. The number of hydrogen-bond acceptors (Lipinski definition) is 5. The van der Waals surface area contributed by atoms with E-state index in [0.717, 1.165) is 0 Å². The molecule has 7 heteroatoms. The van der Waals surface area contributed by atoms with Crippen molar-refractivity contribution in [3.63, 3.8) is 0 Å². The van der Waals surface area contributed by atoms with Gasteiger partial charge in [0.2, 0.25) is 11.8 Å². The molecule has 130 valence electrons. The first-order valence-electron chi connectivity index (χ1n) is 8.20. The van der Waals surface area contributed by atoms with E-state index in [2.05, 4.69) is 11.1 Å². The number of amides is 1. The zero-order valence-corrected chi connectivity index (χ0v) is 14.3. The molecule has 0 saturated carbocycles. The Morgan fingerprint density at radius 2 is 2.12 bits per heavy atom. The molecule has 1 aliphatic heterocycles. The first kappa shape index (κ1) is 16.0. The van der Waals surface area contributed by atoms with Gasteiger partial charge in [0, 0.05) is 18.6 Å². The number of anilines is 1. The van der Waals surface area contributed by atoms with E-state index in [9.17, 15) is 10.1 Å². The molecule has 0 saturated heterocycles. The van der Waals surface area contributed by atoms with Gasteiger partial charge in [0.15, 0.2) is 0 Å². The summed E-state index contributed by atoms with van der Waals surface area (Å²) < 4.78 is 13.1. The van der Waals surface area contributed by atoms with Gasteiger partial charge in [-0.3, -0.25) is 14.3 Å². The number of furan rings is 1. The molecule has 0 aromatic carbocycles. The standard InChI is InChI=1S/C19H16N4O3/c1-12-11-23(15-6-5-7-21-17(15)25-12)18(24)16-13(2)26-19(14(16)10-20)22-8-3-4-9-22/h3-9,12H,11H2,1-2H3. The predicted molar refractivity (Wildman–Crippen MR) is 93.5 cm³/mol. The Bertz CT molecular complexity index is 1010. The summed E-state index contributed by atoms with van der Waals surface area (Å²) in [6.07, 6.45) is 4.95. The van der Waals surface area contributed by atoms with Crippen molar-refractivity contribution < 1.29 is 13.9 Å². The molecular weight excluding hydrogens is 332 g/mol. The number of pyridine rings is 1. The van der Waals surface area contributed by atoms with Crippen molar-refractivity contribution in [2.45, 2.75) is 20.0 Å². The quantitative estimate of drug-likeness (QED) is 0.710. The van der Waals surface area contributed by atoms with E-state index in [4.69, 9.17) is 9.15 Å². The summed E-state index contributed by atoms with van der Waals surface area (Å²) in [5, 5.41) is 9.67. The molecule has 0 bridgehead atoms. The Kier molecular flexibility index (Phi) is 3.73. The third-order valence-electron chi connectivity index (χ3n) is 4.27. The molecule has 7 nitrogen and oxygen atoms in total. The Morgan fingerprint density at radius 3 is 2.85 bits per heavy atom. The maximum Gasteiger partial charge on any atom is 0.263 e. The van der Waals surface area contributed by atoms with Gasteiger partial charge in [0.1, 0.15) is 34.7 Å². The maximum absolute atomic E-state index is 13.3. The first-order valence-corrected chi connectivity index (χ1v) is 8.20. The maximum atomic E-state index is 13.3. The van der Waals surface area contributed by atoms with Crippen LogP contribution < -0.4 is 9.64 Å². The number of carbonyl (C=O) groups excluding carboxylic acids is 1. The molecule has 3 aromatic heterocycles. The van der Waals surface area contributed by atoms with Gasteiger partial charge >= 0.3 is 0 Å². The van der Waals surface area contributed by atoms with Crippen molar-refractivity contribution in [1.29, 1.82) is 5.26 Å². The van der Waals surface area contributed by atoms with Crippen molar-refractivity contribution in [3.8, 4) is 17.8 Å². The molecule has 26 heavy (non-hydrogen) atoms. The van der Waals surface area contributed by atoms with Crippen LogP contribution in [0, 0.1) is 18.3 Å². The number of aromatic nitrogens is 2. The van der Waals surface area contributed by atoms with Gasteiger partial charge in [-0.25, -0.2) is 4.98 Å². The highest BCUT2D eigenvalue weighted by molar-refractivity contribution is 6.09.